The van der Waals surface area contributed by atoms with Crippen molar-refractivity contribution < 1.29 is 5.11 Å². The van der Waals surface area contributed by atoms with Crippen LogP contribution >= 0.6 is 0 Å². The fourth-order valence-electron chi connectivity index (χ4n) is 3.81. The maximum atomic E-state index is 9.46. The molecule has 2 nitrogen and oxygen atoms in total. The number of rotatable bonds is 5. The Kier molecular flexibility index (Phi) is 5.69. The van der Waals surface area contributed by atoms with Gasteiger partial charge in [-0.2, -0.15) is 0 Å². The van der Waals surface area contributed by atoms with Crippen LogP contribution in [0.3, 0.4) is 0 Å². The van der Waals surface area contributed by atoms with Crippen LogP contribution in [0.25, 0.3) is 0 Å². The molecule has 118 valence electrons. The van der Waals surface area contributed by atoms with Gasteiger partial charge in [-0.25, -0.2) is 0 Å². The maximum absolute atomic E-state index is 9.46. The molecule has 0 amide bonds. The summed E-state index contributed by atoms with van der Waals surface area (Å²) in [7, 11) is 0. The van der Waals surface area contributed by atoms with E-state index in [1.807, 2.05) is 12.1 Å². The van der Waals surface area contributed by atoms with Crippen LogP contribution in [0.2, 0.25) is 0 Å². The van der Waals surface area contributed by atoms with E-state index >= 15 is 0 Å². The molecule has 2 N–H and O–H groups in total. The van der Waals surface area contributed by atoms with Gasteiger partial charge in [0.15, 0.2) is 0 Å². The summed E-state index contributed by atoms with van der Waals surface area (Å²) in [6.45, 7) is 9.33. The van der Waals surface area contributed by atoms with Crippen molar-refractivity contribution in [3.8, 4) is 5.75 Å². The third-order valence-electron chi connectivity index (χ3n) is 5.14. The second-order valence-corrected chi connectivity index (χ2v) is 7.15. The molecule has 1 saturated carbocycles. The Morgan fingerprint density at radius 3 is 2.43 bits per heavy atom. The molecule has 1 fully saturated rings. The fraction of sp³-hybridized carbons (Fsp3) is 0.684. The molecular formula is C19H31NO. The zero-order valence-electron chi connectivity index (χ0n) is 14.0. The van der Waals surface area contributed by atoms with Gasteiger partial charge < -0.3 is 10.4 Å². The predicted molar refractivity (Wildman–Crippen MR) is 89.4 cm³/mol. The summed E-state index contributed by atoms with van der Waals surface area (Å²) < 4.78 is 0. The number of hydrogen-bond acceptors (Lipinski definition) is 2. The second-order valence-electron chi connectivity index (χ2n) is 7.15. The van der Waals surface area contributed by atoms with Crippen molar-refractivity contribution in [2.75, 3.05) is 0 Å². The standard InChI is InChI=1S/C19H31NO/c1-5-18(15-7-9-16(21)10-8-15)20-19-12-14(4)6-11-17(19)13(2)3/h7-10,13-14,17-21H,5-6,11-12H2,1-4H3. The van der Waals surface area contributed by atoms with Crippen LogP contribution < -0.4 is 5.32 Å². The van der Waals surface area contributed by atoms with Crippen LogP contribution in [0.4, 0.5) is 0 Å². The minimum Gasteiger partial charge on any atom is -0.508 e. The van der Waals surface area contributed by atoms with E-state index < -0.39 is 0 Å². The summed E-state index contributed by atoms with van der Waals surface area (Å²) >= 11 is 0. The summed E-state index contributed by atoms with van der Waals surface area (Å²) in [4.78, 5) is 0. The first kappa shape index (κ1) is 16.4. The van der Waals surface area contributed by atoms with Gasteiger partial charge in [-0.05, 0) is 54.7 Å². The van der Waals surface area contributed by atoms with Crippen molar-refractivity contribution in [3.63, 3.8) is 0 Å². The van der Waals surface area contributed by atoms with Crippen molar-refractivity contribution in [2.45, 2.75) is 65.5 Å². The van der Waals surface area contributed by atoms with E-state index in [1.54, 1.807) is 12.1 Å². The van der Waals surface area contributed by atoms with E-state index in [2.05, 4.69) is 33.0 Å². The molecule has 1 aromatic rings. The average Bonchev–Trinajstić information content (AvgIpc) is 2.45. The van der Waals surface area contributed by atoms with Gasteiger partial charge in [-0.15, -0.1) is 0 Å². The zero-order valence-corrected chi connectivity index (χ0v) is 14.0. The molecule has 0 saturated heterocycles. The number of benzene rings is 1. The average molecular weight is 289 g/mol. The van der Waals surface area contributed by atoms with Crippen LogP contribution in [-0.2, 0) is 0 Å². The number of aromatic hydroxyl groups is 1. The molecule has 4 unspecified atom stereocenters. The van der Waals surface area contributed by atoms with Gasteiger partial charge >= 0.3 is 0 Å². The monoisotopic (exact) mass is 289 g/mol. The van der Waals surface area contributed by atoms with Gasteiger partial charge in [0.2, 0.25) is 0 Å². The Hall–Kier alpha value is -1.02. The zero-order chi connectivity index (χ0) is 15.4. The topological polar surface area (TPSA) is 32.3 Å². The predicted octanol–water partition coefficient (Wildman–Crippen LogP) is 4.89. The highest BCUT2D eigenvalue weighted by atomic mass is 16.3. The molecule has 2 rings (SSSR count). The molecule has 1 aromatic carbocycles. The second kappa shape index (κ2) is 7.31. The van der Waals surface area contributed by atoms with Crippen LogP contribution in [-0.4, -0.2) is 11.1 Å². The molecule has 0 radical (unpaired) electrons. The first-order chi connectivity index (χ1) is 10.0. The van der Waals surface area contributed by atoms with Gasteiger partial charge in [0.05, 0.1) is 0 Å². The van der Waals surface area contributed by atoms with Crippen molar-refractivity contribution in [3.05, 3.63) is 29.8 Å². The number of nitrogens with one attached hydrogen (secondary N) is 1. The SMILES string of the molecule is CCC(NC1CC(C)CCC1C(C)C)c1ccc(O)cc1. The molecule has 2 heteroatoms. The van der Waals surface area contributed by atoms with Gasteiger partial charge in [0, 0.05) is 12.1 Å². The minimum atomic E-state index is 0.347. The minimum absolute atomic E-state index is 0.347. The Bertz CT molecular complexity index is 426. The van der Waals surface area contributed by atoms with E-state index in [4.69, 9.17) is 0 Å². The number of phenols is 1. The highest BCUT2D eigenvalue weighted by Crippen LogP contribution is 2.35. The lowest BCUT2D eigenvalue weighted by Crippen LogP contribution is -2.44. The molecule has 1 aliphatic carbocycles. The molecule has 1 aliphatic rings. The summed E-state index contributed by atoms with van der Waals surface area (Å²) in [5.41, 5.74) is 1.29. The van der Waals surface area contributed by atoms with Crippen LogP contribution in [0.1, 0.15) is 65.0 Å². The molecule has 0 aliphatic heterocycles. The van der Waals surface area contributed by atoms with Gasteiger partial charge in [-0.1, -0.05) is 46.2 Å². The smallest absolute Gasteiger partial charge is 0.115 e. The Balaban J connectivity index is 2.09. The molecule has 0 bridgehead atoms. The maximum Gasteiger partial charge on any atom is 0.115 e. The van der Waals surface area contributed by atoms with E-state index in [1.165, 1.54) is 24.8 Å². The highest BCUT2D eigenvalue weighted by Gasteiger charge is 2.31. The Morgan fingerprint density at radius 1 is 1.19 bits per heavy atom. The third-order valence-corrected chi connectivity index (χ3v) is 5.14. The number of phenolic OH excluding ortho intramolecular Hbond substituents is 1. The van der Waals surface area contributed by atoms with Crippen molar-refractivity contribution in [1.82, 2.24) is 5.32 Å². The van der Waals surface area contributed by atoms with Crippen LogP contribution in [0.15, 0.2) is 24.3 Å². The lowest BCUT2D eigenvalue weighted by atomic mass is 9.73. The molecular weight excluding hydrogens is 258 g/mol. The first-order valence-electron chi connectivity index (χ1n) is 8.56. The molecule has 4 atom stereocenters. The van der Waals surface area contributed by atoms with Crippen molar-refractivity contribution in [1.29, 1.82) is 0 Å². The third kappa shape index (κ3) is 4.23. The highest BCUT2D eigenvalue weighted by molar-refractivity contribution is 5.28. The summed E-state index contributed by atoms with van der Waals surface area (Å²) in [6.07, 6.45) is 5.09. The Labute approximate surface area is 130 Å². The molecule has 0 spiro atoms. The van der Waals surface area contributed by atoms with Gasteiger partial charge in [0.25, 0.3) is 0 Å². The van der Waals surface area contributed by atoms with Gasteiger partial charge in [0.1, 0.15) is 5.75 Å². The first-order valence-corrected chi connectivity index (χ1v) is 8.56. The molecule has 0 heterocycles. The molecule has 21 heavy (non-hydrogen) atoms. The van der Waals surface area contributed by atoms with Crippen LogP contribution in [0.5, 0.6) is 5.75 Å². The Morgan fingerprint density at radius 2 is 1.86 bits per heavy atom. The lowest BCUT2D eigenvalue weighted by molar-refractivity contribution is 0.158. The van der Waals surface area contributed by atoms with E-state index in [9.17, 15) is 5.11 Å². The van der Waals surface area contributed by atoms with E-state index in [0.29, 0.717) is 17.8 Å². The van der Waals surface area contributed by atoms with Gasteiger partial charge in [-0.3, -0.25) is 0 Å². The van der Waals surface area contributed by atoms with Crippen molar-refractivity contribution in [2.24, 2.45) is 17.8 Å². The summed E-state index contributed by atoms with van der Waals surface area (Å²) in [5.74, 6) is 2.70. The normalized spacial score (nSPS) is 27.8. The van der Waals surface area contributed by atoms with Crippen molar-refractivity contribution >= 4 is 0 Å². The fourth-order valence-corrected chi connectivity index (χ4v) is 3.81. The number of hydrogen-bond donors (Lipinski definition) is 2. The van der Waals surface area contributed by atoms with Crippen LogP contribution in [0, 0.1) is 17.8 Å². The summed E-state index contributed by atoms with van der Waals surface area (Å²) in [5, 5.41) is 13.4. The quantitative estimate of drug-likeness (QED) is 0.808. The molecule has 0 aromatic heterocycles. The van der Waals surface area contributed by atoms with E-state index in [-0.39, 0.29) is 0 Å². The van der Waals surface area contributed by atoms with E-state index in [0.717, 1.165) is 24.2 Å². The summed E-state index contributed by atoms with van der Waals surface area (Å²) in [6, 6.07) is 8.70. The largest absolute Gasteiger partial charge is 0.508 e. The lowest BCUT2D eigenvalue weighted by Gasteiger charge is -2.40.